The predicted molar refractivity (Wildman–Crippen MR) is 122 cm³/mol. The summed E-state index contributed by atoms with van der Waals surface area (Å²) < 4.78 is 5.67. The number of benzene rings is 1. The van der Waals surface area contributed by atoms with Crippen molar-refractivity contribution >= 4 is 17.5 Å². The van der Waals surface area contributed by atoms with E-state index in [4.69, 9.17) is 4.74 Å². The lowest BCUT2D eigenvalue weighted by atomic mass is 9.62. The van der Waals surface area contributed by atoms with Crippen LogP contribution in [0.2, 0.25) is 0 Å². The molecule has 3 fully saturated rings. The highest BCUT2D eigenvalue weighted by atomic mass is 16.5. The van der Waals surface area contributed by atoms with Gasteiger partial charge in [-0.3, -0.25) is 14.4 Å². The lowest BCUT2D eigenvalue weighted by Crippen LogP contribution is -2.51. The fourth-order valence-electron chi connectivity index (χ4n) is 5.85. The molecule has 4 rings (SSSR count). The molecule has 0 N–H and O–H groups in total. The molecule has 2 aliphatic heterocycles. The van der Waals surface area contributed by atoms with Gasteiger partial charge in [0.2, 0.25) is 0 Å². The first-order valence-corrected chi connectivity index (χ1v) is 11.8. The van der Waals surface area contributed by atoms with Crippen LogP contribution in [0.5, 0.6) is 0 Å². The van der Waals surface area contributed by atoms with Crippen LogP contribution < -0.4 is 0 Å². The zero-order chi connectivity index (χ0) is 22.9. The molecule has 1 saturated carbocycles. The molecular formula is C27H33NO4. The number of ether oxygens (including phenoxy) is 1. The van der Waals surface area contributed by atoms with E-state index in [1.54, 1.807) is 6.92 Å². The molecule has 1 aromatic rings. The summed E-state index contributed by atoms with van der Waals surface area (Å²) in [7, 11) is 0. The predicted octanol–water partition coefficient (Wildman–Crippen LogP) is 3.87. The third-order valence-electron chi connectivity index (χ3n) is 7.49. The topological polar surface area (TPSA) is 63.7 Å². The molecular weight excluding hydrogens is 402 g/mol. The molecule has 5 heteroatoms. The standard InChI is InChI=1S/C27H33NO4/c1-4-7-20-14-18(2)24(19(3)15-20)25-21(29)16-27(17-22(25)30)9-11-28(12-10-27)26(31)23-8-5-6-13-32-23/h14-15,23,25H,5-6,8-13,16-17H2,1-3H3. The summed E-state index contributed by atoms with van der Waals surface area (Å²) in [4.78, 5) is 41.3. The van der Waals surface area contributed by atoms with E-state index in [0.717, 1.165) is 41.5 Å². The first-order chi connectivity index (χ1) is 15.3. The van der Waals surface area contributed by atoms with Gasteiger partial charge in [0, 0.05) is 38.1 Å². The first kappa shape index (κ1) is 22.7. The summed E-state index contributed by atoms with van der Waals surface area (Å²) in [6.07, 6.45) is 4.78. The average molecular weight is 436 g/mol. The summed E-state index contributed by atoms with van der Waals surface area (Å²) in [5.74, 6) is 5.43. The Labute approximate surface area is 190 Å². The van der Waals surface area contributed by atoms with Crippen molar-refractivity contribution in [3.05, 3.63) is 34.4 Å². The largest absolute Gasteiger partial charge is 0.368 e. The van der Waals surface area contributed by atoms with Gasteiger partial charge in [-0.05, 0) is 87.1 Å². The maximum Gasteiger partial charge on any atom is 0.251 e. The average Bonchev–Trinajstić information content (AvgIpc) is 2.76. The first-order valence-electron chi connectivity index (χ1n) is 11.8. The van der Waals surface area contributed by atoms with Gasteiger partial charge >= 0.3 is 0 Å². The number of ketones is 2. The Morgan fingerprint density at radius 2 is 1.69 bits per heavy atom. The fourth-order valence-corrected chi connectivity index (χ4v) is 5.85. The number of aryl methyl sites for hydroxylation is 2. The van der Waals surface area contributed by atoms with Crippen molar-refractivity contribution in [2.75, 3.05) is 19.7 Å². The molecule has 0 bridgehead atoms. The second-order valence-corrected chi connectivity index (χ2v) is 9.80. The Morgan fingerprint density at radius 1 is 1.06 bits per heavy atom. The zero-order valence-corrected chi connectivity index (χ0v) is 19.5. The molecule has 1 spiro atoms. The van der Waals surface area contributed by atoms with Gasteiger partial charge in [0.15, 0.2) is 0 Å². The van der Waals surface area contributed by atoms with Crippen molar-refractivity contribution in [2.45, 2.75) is 77.7 Å². The number of piperidine rings is 1. The third kappa shape index (κ3) is 4.38. The van der Waals surface area contributed by atoms with Crippen LogP contribution in [0.4, 0.5) is 0 Å². The molecule has 1 aliphatic carbocycles. The van der Waals surface area contributed by atoms with Crippen LogP contribution in [0, 0.1) is 31.1 Å². The van der Waals surface area contributed by atoms with Gasteiger partial charge in [0.1, 0.15) is 23.6 Å². The summed E-state index contributed by atoms with van der Waals surface area (Å²) in [5, 5.41) is 0. The van der Waals surface area contributed by atoms with Crippen LogP contribution in [-0.2, 0) is 19.1 Å². The molecule has 3 aliphatic rings. The molecule has 2 heterocycles. The number of hydrogen-bond acceptors (Lipinski definition) is 4. The van der Waals surface area contributed by atoms with Crippen molar-refractivity contribution in [1.82, 2.24) is 4.90 Å². The molecule has 5 nitrogen and oxygen atoms in total. The molecule has 0 aromatic heterocycles. The van der Waals surface area contributed by atoms with E-state index in [1.165, 1.54) is 0 Å². The lowest BCUT2D eigenvalue weighted by Gasteiger charge is -2.45. The summed E-state index contributed by atoms with van der Waals surface area (Å²) in [6, 6.07) is 3.95. The summed E-state index contributed by atoms with van der Waals surface area (Å²) >= 11 is 0. The van der Waals surface area contributed by atoms with Crippen molar-refractivity contribution in [2.24, 2.45) is 5.41 Å². The van der Waals surface area contributed by atoms with E-state index >= 15 is 0 Å². The van der Waals surface area contributed by atoms with Gasteiger partial charge in [-0.1, -0.05) is 5.92 Å². The molecule has 1 unspecified atom stereocenters. The Hall–Kier alpha value is -2.45. The van der Waals surface area contributed by atoms with E-state index in [-0.39, 0.29) is 29.0 Å². The number of carbonyl (C=O) groups excluding carboxylic acids is 3. The fraction of sp³-hybridized carbons (Fsp3) is 0.593. The number of hydrogen-bond donors (Lipinski definition) is 0. The Kier molecular flexibility index (Phi) is 6.53. The van der Waals surface area contributed by atoms with E-state index < -0.39 is 5.92 Å². The molecule has 1 atom stereocenters. The van der Waals surface area contributed by atoms with Gasteiger partial charge in [0.25, 0.3) is 5.91 Å². The van der Waals surface area contributed by atoms with Crippen molar-refractivity contribution < 1.29 is 19.1 Å². The van der Waals surface area contributed by atoms with Gasteiger partial charge in [-0.15, -0.1) is 5.92 Å². The van der Waals surface area contributed by atoms with E-state index in [9.17, 15) is 14.4 Å². The van der Waals surface area contributed by atoms with Crippen LogP contribution in [-0.4, -0.2) is 48.2 Å². The minimum atomic E-state index is -0.667. The van der Waals surface area contributed by atoms with E-state index in [2.05, 4.69) is 11.8 Å². The molecule has 32 heavy (non-hydrogen) atoms. The molecule has 0 radical (unpaired) electrons. The second kappa shape index (κ2) is 9.19. The zero-order valence-electron chi connectivity index (χ0n) is 19.5. The summed E-state index contributed by atoms with van der Waals surface area (Å²) in [5.41, 5.74) is 3.39. The Balaban J connectivity index is 1.46. The van der Waals surface area contributed by atoms with Crippen LogP contribution in [0.15, 0.2) is 12.1 Å². The highest BCUT2D eigenvalue weighted by Gasteiger charge is 2.48. The molecule has 1 amide bonds. The van der Waals surface area contributed by atoms with Crippen LogP contribution in [0.1, 0.15) is 80.0 Å². The lowest BCUT2D eigenvalue weighted by molar-refractivity contribution is -0.150. The number of Topliss-reactive ketones (excluding diaryl/α,β-unsaturated/α-hetero) is 2. The number of amides is 1. The summed E-state index contributed by atoms with van der Waals surface area (Å²) in [6.45, 7) is 7.59. The molecule has 2 saturated heterocycles. The van der Waals surface area contributed by atoms with Crippen LogP contribution in [0.3, 0.4) is 0 Å². The number of likely N-dealkylation sites (tertiary alicyclic amines) is 1. The van der Waals surface area contributed by atoms with Gasteiger partial charge in [-0.25, -0.2) is 0 Å². The van der Waals surface area contributed by atoms with Crippen LogP contribution >= 0.6 is 0 Å². The quantitative estimate of drug-likeness (QED) is 0.523. The highest BCUT2D eigenvalue weighted by Crippen LogP contribution is 2.46. The van der Waals surface area contributed by atoms with Gasteiger partial charge < -0.3 is 9.64 Å². The SMILES string of the molecule is CC#Cc1cc(C)c(C2C(=O)CC3(CCN(C(=O)C4CCCCO4)CC3)CC2=O)c(C)c1. The minimum Gasteiger partial charge on any atom is -0.368 e. The maximum absolute atomic E-state index is 13.3. The van der Waals surface area contributed by atoms with Crippen molar-refractivity contribution in [3.63, 3.8) is 0 Å². The van der Waals surface area contributed by atoms with Crippen molar-refractivity contribution in [3.8, 4) is 11.8 Å². The normalized spacial score (nSPS) is 23.7. The third-order valence-corrected chi connectivity index (χ3v) is 7.49. The monoisotopic (exact) mass is 435 g/mol. The molecule has 170 valence electrons. The smallest absolute Gasteiger partial charge is 0.251 e. The maximum atomic E-state index is 13.3. The van der Waals surface area contributed by atoms with Gasteiger partial charge in [0.05, 0.1) is 0 Å². The Bertz CT molecular complexity index is 942. The second-order valence-electron chi connectivity index (χ2n) is 9.80. The van der Waals surface area contributed by atoms with Gasteiger partial charge in [-0.2, -0.15) is 0 Å². The van der Waals surface area contributed by atoms with E-state index in [1.807, 2.05) is 30.9 Å². The number of nitrogens with zero attached hydrogens (tertiary/aromatic N) is 1. The van der Waals surface area contributed by atoms with Crippen LogP contribution in [0.25, 0.3) is 0 Å². The van der Waals surface area contributed by atoms with Crippen molar-refractivity contribution in [1.29, 1.82) is 0 Å². The highest BCUT2D eigenvalue weighted by molar-refractivity contribution is 6.10. The number of carbonyl (C=O) groups is 3. The number of rotatable bonds is 2. The minimum absolute atomic E-state index is 0.0252. The molecule has 1 aromatic carbocycles. The van der Waals surface area contributed by atoms with E-state index in [0.29, 0.717) is 45.4 Å². The Morgan fingerprint density at radius 3 is 2.22 bits per heavy atom.